The van der Waals surface area contributed by atoms with Crippen molar-refractivity contribution in [2.45, 2.75) is 10.3 Å². The summed E-state index contributed by atoms with van der Waals surface area (Å²) in [5.74, 6) is 1.58. The number of sulfonamides is 1. The molecule has 2 aromatic rings. The third-order valence-electron chi connectivity index (χ3n) is 3.63. The van der Waals surface area contributed by atoms with Gasteiger partial charge < -0.3 is 9.47 Å². The van der Waals surface area contributed by atoms with Crippen LogP contribution in [-0.4, -0.2) is 39.2 Å². The minimum absolute atomic E-state index is 0.141. The second-order valence-electron chi connectivity index (χ2n) is 4.91. The quantitative estimate of drug-likeness (QED) is 0.808. The summed E-state index contributed by atoms with van der Waals surface area (Å²) in [7, 11) is -0.697. The van der Waals surface area contributed by atoms with Gasteiger partial charge in [-0.2, -0.15) is 15.6 Å². The molecule has 3 rings (SSSR count). The van der Waals surface area contributed by atoms with Crippen molar-refractivity contribution in [3.8, 4) is 11.5 Å². The Bertz CT molecular complexity index is 774. The first-order chi connectivity index (χ1) is 11.1. The fourth-order valence-electron chi connectivity index (χ4n) is 2.49. The lowest BCUT2D eigenvalue weighted by molar-refractivity contribution is 0.385. The molecule has 1 saturated heterocycles. The van der Waals surface area contributed by atoms with E-state index >= 15 is 0 Å². The molecule has 124 valence electrons. The van der Waals surface area contributed by atoms with Crippen LogP contribution in [0.15, 0.2) is 39.9 Å². The van der Waals surface area contributed by atoms with Crippen LogP contribution in [-0.2, 0) is 10.0 Å². The molecule has 1 unspecified atom stereocenters. The maximum Gasteiger partial charge on any atom is 0.248 e. The zero-order valence-electron chi connectivity index (χ0n) is 12.8. The molecule has 1 aromatic heterocycles. The molecule has 1 aliphatic rings. The molecule has 8 heteroatoms. The highest BCUT2D eigenvalue weighted by Crippen LogP contribution is 2.43. The number of hydrogen-bond acceptors (Lipinski definition) is 6. The average Bonchev–Trinajstić information content (AvgIpc) is 3.24. The summed E-state index contributed by atoms with van der Waals surface area (Å²) in [6, 6.07) is 6.79. The van der Waals surface area contributed by atoms with Crippen molar-refractivity contribution in [1.29, 1.82) is 0 Å². The maximum absolute atomic E-state index is 13.2. The average molecular weight is 372 g/mol. The minimum atomic E-state index is -3.68. The maximum atomic E-state index is 13.2. The van der Waals surface area contributed by atoms with E-state index in [1.165, 1.54) is 24.6 Å². The van der Waals surface area contributed by atoms with Gasteiger partial charge in [0.2, 0.25) is 10.0 Å². The number of ether oxygens (including phenoxy) is 2. The zero-order valence-corrected chi connectivity index (χ0v) is 15.2. The molecule has 23 heavy (non-hydrogen) atoms. The Balaban J connectivity index is 2.04. The van der Waals surface area contributed by atoms with E-state index in [0.717, 1.165) is 11.3 Å². The number of thiophene rings is 1. The summed E-state index contributed by atoms with van der Waals surface area (Å²) in [4.78, 5) is 0.141. The van der Waals surface area contributed by atoms with E-state index in [9.17, 15) is 8.42 Å². The van der Waals surface area contributed by atoms with Crippen molar-refractivity contribution in [2.24, 2.45) is 0 Å². The van der Waals surface area contributed by atoms with Crippen LogP contribution in [0.5, 0.6) is 11.5 Å². The van der Waals surface area contributed by atoms with Gasteiger partial charge in [0.25, 0.3) is 0 Å². The van der Waals surface area contributed by atoms with Crippen LogP contribution in [0.1, 0.15) is 10.9 Å². The highest BCUT2D eigenvalue weighted by molar-refractivity contribution is 8.01. The van der Waals surface area contributed by atoms with Gasteiger partial charge in [0, 0.05) is 18.4 Å². The summed E-state index contributed by atoms with van der Waals surface area (Å²) in [6.45, 7) is 0.480. The largest absolute Gasteiger partial charge is 0.497 e. The van der Waals surface area contributed by atoms with Gasteiger partial charge in [-0.15, -0.1) is 11.8 Å². The van der Waals surface area contributed by atoms with Crippen LogP contribution in [0.3, 0.4) is 0 Å². The van der Waals surface area contributed by atoms with E-state index < -0.39 is 10.0 Å². The first-order valence-electron chi connectivity index (χ1n) is 6.95. The molecule has 0 saturated carbocycles. The summed E-state index contributed by atoms with van der Waals surface area (Å²) >= 11 is 3.20. The topological polar surface area (TPSA) is 55.8 Å². The van der Waals surface area contributed by atoms with Gasteiger partial charge in [0.05, 0.1) is 19.6 Å². The fraction of sp³-hybridized carbons (Fsp3) is 0.333. The number of methoxy groups -OCH3 is 2. The molecule has 0 spiro atoms. The van der Waals surface area contributed by atoms with Crippen LogP contribution in [0.4, 0.5) is 0 Å². The minimum Gasteiger partial charge on any atom is -0.497 e. The SMILES string of the molecule is COc1ccc(OC)c(S(=O)(=O)N2CCSC2c2ccsc2)c1. The lowest BCUT2D eigenvalue weighted by Crippen LogP contribution is -2.30. The molecule has 1 atom stereocenters. The molecule has 2 heterocycles. The van der Waals surface area contributed by atoms with Gasteiger partial charge in [-0.25, -0.2) is 8.42 Å². The third-order valence-corrected chi connectivity index (χ3v) is 7.62. The second-order valence-corrected chi connectivity index (χ2v) is 8.74. The van der Waals surface area contributed by atoms with Crippen molar-refractivity contribution in [3.05, 3.63) is 40.6 Å². The number of hydrogen-bond donors (Lipinski definition) is 0. The van der Waals surface area contributed by atoms with Crippen molar-refractivity contribution < 1.29 is 17.9 Å². The Morgan fingerprint density at radius 3 is 2.70 bits per heavy atom. The molecular formula is C15H17NO4S3. The van der Waals surface area contributed by atoms with Gasteiger partial charge in [-0.3, -0.25) is 0 Å². The van der Waals surface area contributed by atoms with E-state index in [1.54, 1.807) is 35.2 Å². The van der Waals surface area contributed by atoms with Crippen LogP contribution in [0.25, 0.3) is 0 Å². The Kier molecular flexibility index (Phi) is 4.86. The van der Waals surface area contributed by atoms with E-state index in [2.05, 4.69) is 0 Å². The standard InChI is InChI=1S/C15H17NO4S3/c1-19-12-3-4-13(20-2)14(9-12)23(17,18)16-6-8-22-15(16)11-5-7-21-10-11/h3-5,7,9-10,15H,6,8H2,1-2H3. The van der Waals surface area contributed by atoms with Crippen LogP contribution < -0.4 is 9.47 Å². The monoisotopic (exact) mass is 371 g/mol. The third kappa shape index (κ3) is 3.08. The highest BCUT2D eigenvalue weighted by Gasteiger charge is 2.38. The van der Waals surface area contributed by atoms with Crippen molar-refractivity contribution in [1.82, 2.24) is 4.31 Å². The number of rotatable bonds is 5. The molecular weight excluding hydrogens is 354 g/mol. The Morgan fingerprint density at radius 2 is 2.04 bits per heavy atom. The zero-order chi connectivity index (χ0) is 16.4. The molecule has 0 aliphatic carbocycles. The molecule has 0 N–H and O–H groups in total. The Morgan fingerprint density at radius 1 is 1.22 bits per heavy atom. The summed E-state index contributed by atoms with van der Waals surface area (Å²) in [6.07, 6.45) is 0. The predicted octanol–water partition coefficient (Wildman–Crippen LogP) is 3.20. The Hall–Kier alpha value is -1.22. The second kappa shape index (κ2) is 6.72. The van der Waals surface area contributed by atoms with Gasteiger partial charge in [0.1, 0.15) is 16.4 Å². The molecule has 1 aromatic carbocycles. The van der Waals surface area contributed by atoms with E-state index in [4.69, 9.17) is 9.47 Å². The highest BCUT2D eigenvalue weighted by atomic mass is 32.2. The van der Waals surface area contributed by atoms with E-state index in [0.29, 0.717) is 18.0 Å². The number of benzene rings is 1. The summed E-state index contributed by atoms with van der Waals surface area (Å²) < 4.78 is 38.3. The number of nitrogens with zero attached hydrogens (tertiary/aromatic N) is 1. The smallest absolute Gasteiger partial charge is 0.248 e. The van der Waals surface area contributed by atoms with Crippen LogP contribution in [0, 0.1) is 0 Å². The van der Waals surface area contributed by atoms with Crippen molar-refractivity contribution in [2.75, 3.05) is 26.5 Å². The van der Waals surface area contributed by atoms with Crippen molar-refractivity contribution in [3.63, 3.8) is 0 Å². The normalized spacial score (nSPS) is 19.0. The Labute approximate surface area is 144 Å². The van der Waals surface area contributed by atoms with Gasteiger partial charge >= 0.3 is 0 Å². The first-order valence-corrected chi connectivity index (χ1v) is 10.4. The number of thioether (sulfide) groups is 1. The lowest BCUT2D eigenvalue weighted by Gasteiger charge is -2.23. The lowest BCUT2D eigenvalue weighted by atomic mass is 10.3. The van der Waals surface area contributed by atoms with E-state index in [1.807, 2.05) is 16.8 Å². The molecule has 0 amide bonds. The molecule has 0 bridgehead atoms. The first kappa shape index (κ1) is 16.6. The van der Waals surface area contributed by atoms with Crippen LogP contribution >= 0.6 is 23.1 Å². The summed E-state index contributed by atoms with van der Waals surface area (Å²) in [5, 5.41) is 3.77. The van der Waals surface area contributed by atoms with Crippen LogP contribution in [0.2, 0.25) is 0 Å². The fourth-order valence-corrected chi connectivity index (χ4v) is 6.66. The molecule has 0 radical (unpaired) electrons. The van der Waals surface area contributed by atoms with Crippen molar-refractivity contribution >= 4 is 33.1 Å². The molecule has 5 nitrogen and oxygen atoms in total. The summed E-state index contributed by atoms with van der Waals surface area (Å²) in [5.41, 5.74) is 1.02. The van der Waals surface area contributed by atoms with Gasteiger partial charge in [0.15, 0.2) is 0 Å². The van der Waals surface area contributed by atoms with Gasteiger partial charge in [-0.05, 0) is 34.5 Å². The van der Waals surface area contributed by atoms with Gasteiger partial charge in [-0.1, -0.05) is 0 Å². The predicted molar refractivity (Wildman–Crippen MR) is 93.0 cm³/mol. The molecule has 1 fully saturated rings. The molecule has 1 aliphatic heterocycles. The van der Waals surface area contributed by atoms with E-state index in [-0.39, 0.29) is 10.3 Å².